The lowest BCUT2D eigenvalue weighted by atomic mass is 10.1. The van der Waals surface area contributed by atoms with Crippen LogP contribution in [0, 0.1) is 6.92 Å². The smallest absolute Gasteiger partial charge is 0.416 e. The molecule has 2 aromatic heterocycles. The van der Waals surface area contributed by atoms with Gasteiger partial charge in [-0.25, -0.2) is 4.98 Å². The predicted molar refractivity (Wildman–Crippen MR) is 107 cm³/mol. The van der Waals surface area contributed by atoms with Crippen molar-refractivity contribution in [2.75, 3.05) is 25.5 Å². The maximum absolute atomic E-state index is 13.1. The highest BCUT2D eigenvalue weighted by Crippen LogP contribution is 2.38. The lowest BCUT2D eigenvalue weighted by Gasteiger charge is -2.30. The van der Waals surface area contributed by atoms with Crippen LogP contribution in [0.4, 0.5) is 19.1 Å². The minimum atomic E-state index is -4.57. The molecule has 1 aliphatic heterocycles. The first kappa shape index (κ1) is 21.0. The van der Waals surface area contributed by atoms with Gasteiger partial charge in [0.2, 0.25) is 5.95 Å². The number of nitrogens with one attached hydrogen (secondary N) is 1. The Kier molecular flexibility index (Phi) is 5.52. The van der Waals surface area contributed by atoms with Crippen molar-refractivity contribution in [3.63, 3.8) is 0 Å². The van der Waals surface area contributed by atoms with Gasteiger partial charge < -0.3 is 15.0 Å². The number of carbonyl (C=O) groups excluding carboxylic acids is 1. The van der Waals surface area contributed by atoms with Gasteiger partial charge in [-0.15, -0.1) is 10.2 Å². The Labute approximate surface area is 176 Å². The summed E-state index contributed by atoms with van der Waals surface area (Å²) in [4.78, 5) is 17.5. The molecule has 31 heavy (non-hydrogen) atoms. The van der Waals surface area contributed by atoms with Crippen molar-refractivity contribution in [1.82, 2.24) is 24.5 Å². The van der Waals surface area contributed by atoms with E-state index in [9.17, 15) is 18.0 Å². The fraction of sp³-hybridized carbons (Fsp3) is 0.400. The molecule has 0 radical (unpaired) electrons. The number of rotatable bonds is 5. The average molecular weight is 434 g/mol. The third-order valence-electron chi connectivity index (χ3n) is 5.33. The Bertz CT molecular complexity index is 1110. The number of likely N-dealkylation sites (N-methyl/N-ethyl adjacent to an activating group) is 1. The van der Waals surface area contributed by atoms with Gasteiger partial charge in [-0.05, 0) is 51.6 Å². The quantitative estimate of drug-likeness (QED) is 0.618. The Balaban J connectivity index is 1.78. The van der Waals surface area contributed by atoms with Gasteiger partial charge in [0.05, 0.1) is 17.3 Å². The number of nitrogens with zero attached hydrogens (tertiary/aromatic N) is 5. The molecule has 1 aliphatic rings. The number of imidazole rings is 1. The number of alkyl halides is 3. The van der Waals surface area contributed by atoms with Crippen LogP contribution in [0.25, 0.3) is 16.8 Å². The molecule has 11 heteroatoms. The number of aromatic nitrogens is 4. The average Bonchev–Trinajstić information content (AvgIpc) is 3.10. The zero-order chi connectivity index (χ0) is 22.2. The maximum Gasteiger partial charge on any atom is 0.416 e. The number of halogens is 3. The number of fused-ring (bicyclic) bond motifs is 1. The number of carbonyl (C=O) groups is 1. The topological polar surface area (TPSA) is 84.6 Å². The standard InChI is InChI=1S/C20H21F3N6O2/c1-12-24-9-16-18(15-6-5-13(20(21,22)23)8-17(15)31-11-30)26-27-19(29(12)16)25-14-4-3-7-28(2)10-14/h5-6,8-9,11,14H,3-4,7,10H2,1-2H3,(H,25,27)/t14-/m1/s1. The molecule has 1 N–H and O–H groups in total. The number of anilines is 1. The van der Waals surface area contributed by atoms with Crippen molar-refractivity contribution in [3.8, 4) is 17.0 Å². The molecular formula is C20H21F3N6O2. The van der Waals surface area contributed by atoms with E-state index in [0.29, 0.717) is 17.3 Å². The second-order valence-electron chi connectivity index (χ2n) is 7.57. The summed E-state index contributed by atoms with van der Waals surface area (Å²) in [5.74, 6) is 0.885. The largest absolute Gasteiger partial charge is 0.428 e. The van der Waals surface area contributed by atoms with E-state index in [2.05, 4.69) is 32.4 Å². The van der Waals surface area contributed by atoms with Crippen LogP contribution in [0.15, 0.2) is 24.4 Å². The van der Waals surface area contributed by atoms with Gasteiger partial charge in [0, 0.05) is 18.2 Å². The normalized spacial score (nSPS) is 17.6. The van der Waals surface area contributed by atoms with E-state index in [0.717, 1.165) is 38.1 Å². The van der Waals surface area contributed by atoms with Crippen LogP contribution < -0.4 is 10.1 Å². The molecule has 1 atom stereocenters. The summed E-state index contributed by atoms with van der Waals surface area (Å²) in [6.45, 7) is 3.78. The van der Waals surface area contributed by atoms with Crippen LogP contribution in [0.1, 0.15) is 24.2 Å². The summed E-state index contributed by atoms with van der Waals surface area (Å²) in [5.41, 5.74) is 0.0788. The van der Waals surface area contributed by atoms with Gasteiger partial charge in [-0.3, -0.25) is 9.20 Å². The first-order chi connectivity index (χ1) is 14.8. The Hall–Kier alpha value is -3.21. The van der Waals surface area contributed by atoms with E-state index in [1.54, 1.807) is 17.5 Å². The number of hydrogen-bond acceptors (Lipinski definition) is 7. The van der Waals surface area contributed by atoms with Crippen LogP contribution in [-0.4, -0.2) is 57.1 Å². The highest BCUT2D eigenvalue weighted by atomic mass is 19.4. The van der Waals surface area contributed by atoms with Gasteiger partial charge in [0.15, 0.2) is 0 Å². The van der Waals surface area contributed by atoms with E-state index >= 15 is 0 Å². The van der Waals surface area contributed by atoms with E-state index in [4.69, 9.17) is 4.74 Å². The van der Waals surface area contributed by atoms with Gasteiger partial charge in [-0.1, -0.05) is 0 Å². The number of ether oxygens (including phenoxy) is 1. The summed E-state index contributed by atoms with van der Waals surface area (Å²) in [7, 11) is 2.06. The first-order valence-corrected chi connectivity index (χ1v) is 9.75. The Morgan fingerprint density at radius 3 is 2.81 bits per heavy atom. The molecule has 0 aliphatic carbocycles. The third kappa shape index (κ3) is 4.18. The fourth-order valence-corrected chi connectivity index (χ4v) is 3.87. The number of hydrogen-bond donors (Lipinski definition) is 1. The van der Waals surface area contributed by atoms with Gasteiger partial charge in [0.25, 0.3) is 6.47 Å². The zero-order valence-corrected chi connectivity index (χ0v) is 17.0. The zero-order valence-electron chi connectivity index (χ0n) is 17.0. The lowest BCUT2D eigenvalue weighted by Crippen LogP contribution is -2.40. The van der Waals surface area contributed by atoms with Crippen LogP contribution >= 0.6 is 0 Å². The highest BCUT2D eigenvalue weighted by Gasteiger charge is 2.32. The van der Waals surface area contributed by atoms with Gasteiger partial charge >= 0.3 is 6.18 Å². The second-order valence-corrected chi connectivity index (χ2v) is 7.57. The number of benzene rings is 1. The number of likely N-dealkylation sites (tertiary alicyclic amines) is 1. The molecule has 4 rings (SSSR count). The molecule has 1 fully saturated rings. The molecule has 0 saturated carbocycles. The molecule has 3 heterocycles. The van der Waals surface area contributed by atoms with Crippen molar-refractivity contribution in [1.29, 1.82) is 0 Å². The molecule has 1 aromatic carbocycles. The molecule has 0 bridgehead atoms. The van der Waals surface area contributed by atoms with Gasteiger partial charge in [-0.2, -0.15) is 13.2 Å². The summed E-state index contributed by atoms with van der Waals surface area (Å²) in [5, 5.41) is 11.9. The third-order valence-corrected chi connectivity index (χ3v) is 5.33. The van der Waals surface area contributed by atoms with Crippen molar-refractivity contribution in [2.24, 2.45) is 0 Å². The number of piperidine rings is 1. The summed E-state index contributed by atoms with van der Waals surface area (Å²) in [6.07, 6.45) is -0.961. The summed E-state index contributed by atoms with van der Waals surface area (Å²) >= 11 is 0. The van der Waals surface area contributed by atoms with Crippen molar-refractivity contribution >= 4 is 17.9 Å². The molecule has 8 nitrogen and oxygen atoms in total. The summed E-state index contributed by atoms with van der Waals surface area (Å²) in [6, 6.07) is 3.09. The van der Waals surface area contributed by atoms with Crippen LogP contribution in [0.3, 0.4) is 0 Å². The Morgan fingerprint density at radius 2 is 2.10 bits per heavy atom. The molecule has 1 saturated heterocycles. The maximum atomic E-state index is 13.1. The van der Waals surface area contributed by atoms with Crippen molar-refractivity contribution in [3.05, 3.63) is 35.8 Å². The molecule has 0 amide bonds. The van der Waals surface area contributed by atoms with E-state index in [-0.39, 0.29) is 29.5 Å². The highest BCUT2D eigenvalue weighted by molar-refractivity contribution is 5.82. The summed E-state index contributed by atoms with van der Waals surface area (Å²) < 4.78 is 45.9. The number of aryl methyl sites for hydroxylation is 1. The molecule has 0 spiro atoms. The predicted octanol–water partition coefficient (Wildman–Crippen LogP) is 3.16. The van der Waals surface area contributed by atoms with E-state index in [1.165, 1.54) is 6.07 Å². The SMILES string of the molecule is Cc1ncc2c(-c3ccc(C(F)(F)F)cc3OC=O)nnc(N[C@@H]3CCCN(C)C3)n12. The molecule has 3 aromatic rings. The second kappa shape index (κ2) is 8.14. The lowest BCUT2D eigenvalue weighted by molar-refractivity contribution is -0.138. The Morgan fingerprint density at radius 1 is 1.29 bits per heavy atom. The minimum Gasteiger partial charge on any atom is -0.428 e. The van der Waals surface area contributed by atoms with E-state index in [1.807, 2.05) is 0 Å². The monoisotopic (exact) mass is 434 g/mol. The van der Waals surface area contributed by atoms with Crippen LogP contribution in [0.2, 0.25) is 0 Å². The van der Waals surface area contributed by atoms with E-state index < -0.39 is 11.7 Å². The molecule has 0 unspecified atom stereocenters. The minimum absolute atomic E-state index is 0.0841. The first-order valence-electron chi connectivity index (χ1n) is 9.75. The van der Waals surface area contributed by atoms with Crippen molar-refractivity contribution in [2.45, 2.75) is 32.0 Å². The van der Waals surface area contributed by atoms with Crippen LogP contribution in [0.5, 0.6) is 5.75 Å². The van der Waals surface area contributed by atoms with Crippen LogP contribution in [-0.2, 0) is 11.0 Å². The fourth-order valence-electron chi connectivity index (χ4n) is 3.87. The molecular weight excluding hydrogens is 413 g/mol. The van der Waals surface area contributed by atoms with Crippen molar-refractivity contribution < 1.29 is 22.7 Å². The van der Waals surface area contributed by atoms with Gasteiger partial charge in [0.1, 0.15) is 17.3 Å². The molecule has 164 valence electrons.